The molecule has 126 valence electrons. The number of benzene rings is 2. The van der Waals surface area contributed by atoms with Gasteiger partial charge in [-0.25, -0.2) is 4.79 Å². The first-order chi connectivity index (χ1) is 11.7. The lowest BCUT2D eigenvalue weighted by Gasteiger charge is -2.11. The van der Waals surface area contributed by atoms with Crippen LogP contribution in [0.5, 0.6) is 11.5 Å². The highest BCUT2D eigenvalue weighted by Gasteiger charge is 2.18. The number of nitrogens with zero attached hydrogens (tertiary/aromatic N) is 1. The first-order valence-corrected chi connectivity index (χ1v) is 7.55. The summed E-state index contributed by atoms with van der Waals surface area (Å²) in [5, 5.41) is 0. The largest absolute Gasteiger partial charge is 0.493 e. The van der Waals surface area contributed by atoms with E-state index in [1.54, 1.807) is 32.6 Å². The number of methoxy groups -OCH3 is 3. The number of aliphatic imine (C=N–C) groups is 1. The first-order valence-electron chi connectivity index (χ1n) is 7.55. The van der Waals surface area contributed by atoms with E-state index in [0.717, 1.165) is 11.1 Å². The second-order valence-corrected chi connectivity index (χ2v) is 5.12. The average Bonchev–Trinajstić information content (AvgIpc) is 2.64. The fourth-order valence-corrected chi connectivity index (χ4v) is 2.28. The van der Waals surface area contributed by atoms with Crippen molar-refractivity contribution in [1.82, 2.24) is 0 Å². The monoisotopic (exact) mass is 327 g/mol. The van der Waals surface area contributed by atoms with Gasteiger partial charge >= 0.3 is 5.97 Å². The third kappa shape index (κ3) is 4.59. The fraction of sp³-hybridized carbons (Fsp3) is 0.263. The molecule has 0 saturated heterocycles. The molecule has 5 heteroatoms. The van der Waals surface area contributed by atoms with Crippen LogP contribution in [0.2, 0.25) is 0 Å². The van der Waals surface area contributed by atoms with Crippen LogP contribution in [0.15, 0.2) is 53.5 Å². The van der Waals surface area contributed by atoms with E-state index < -0.39 is 6.04 Å². The molecule has 2 aromatic rings. The van der Waals surface area contributed by atoms with Gasteiger partial charge in [0.2, 0.25) is 0 Å². The lowest BCUT2D eigenvalue weighted by atomic mass is 10.1. The summed E-state index contributed by atoms with van der Waals surface area (Å²) in [6, 6.07) is 14.6. The Kier molecular flexibility index (Phi) is 6.37. The maximum absolute atomic E-state index is 12.0. The van der Waals surface area contributed by atoms with E-state index in [1.165, 1.54) is 7.11 Å². The molecule has 24 heavy (non-hydrogen) atoms. The van der Waals surface area contributed by atoms with E-state index in [1.807, 2.05) is 36.4 Å². The number of esters is 1. The standard InChI is InChI=1S/C19H21NO4/c1-22-17-10-9-15(12-18(17)23-2)13-20-16(19(21)24-3)11-14-7-5-4-6-8-14/h4-10,12-13,16H,11H2,1-3H3/t16-/m0/s1. The summed E-state index contributed by atoms with van der Waals surface area (Å²) in [4.78, 5) is 16.4. The maximum Gasteiger partial charge on any atom is 0.330 e. The van der Waals surface area contributed by atoms with E-state index in [-0.39, 0.29) is 5.97 Å². The summed E-state index contributed by atoms with van der Waals surface area (Å²) in [6.07, 6.45) is 2.13. The Morgan fingerprint density at radius 1 is 1.04 bits per heavy atom. The van der Waals surface area contributed by atoms with Gasteiger partial charge in [-0.2, -0.15) is 0 Å². The Hall–Kier alpha value is -2.82. The molecule has 0 spiro atoms. The molecule has 2 rings (SSSR count). The Balaban J connectivity index is 2.19. The zero-order valence-electron chi connectivity index (χ0n) is 14.1. The molecule has 5 nitrogen and oxygen atoms in total. The molecule has 0 aromatic heterocycles. The molecule has 0 unspecified atom stereocenters. The average molecular weight is 327 g/mol. The topological polar surface area (TPSA) is 57.1 Å². The molecule has 1 atom stereocenters. The second kappa shape index (κ2) is 8.72. The zero-order valence-corrected chi connectivity index (χ0v) is 14.1. The predicted octanol–water partition coefficient (Wildman–Crippen LogP) is 2.91. The van der Waals surface area contributed by atoms with Crippen molar-refractivity contribution in [1.29, 1.82) is 0 Å². The molecule has 0 N–H and O–H groups in total. The molecule has 0 aliphatic heterocycles. The second-order valence-electron chi connectivity index (χ2n) is 5.12. The van der Waals surface area contributed by atoms with Gasteiger partial charge in [-0.05, 0) is 29.3 Å². The van der Waals surface area contributed by atoms with E-state index in [2.05, 4.69) is 4.99 Å². The molecular formula is C19H21NO4. The van der Waals surface area contributed by atoms with Gasteiger partial charge in [0.15, 0.2) is 17.5 Å². The van der Waals surface area contributed by atoms with Crippen LogP contribution in [0.4, 0.5) is 0 Å². The lowest BCUT2D eigenvalue weighted by Crippen LogP contribution is -2.23. The summed E-state index contributed by atoms with van der Waals surface area (Å²) in [6.45, 7) is 0. The van der Waals surface area contributed by atoms with Crippen molar-refractivity contribution in [2.45, 2.75) is 12.5 Å². The molecule has 0 bridgehead atoms. The molecule has 0 aliphatic rings. The van der Waals surface area contributed by atoms with Gasteiger partial charge in [0.1, 0.15) is 0 Å². The summed E-state index contributed by atoms with van der Waals surface area (Å²) >= 11 is 0. The Labute approximate surface area is 141 Å². The minimum atomic E-state index is -0.592. The van der Waals surface area contributed by atoms with Crippen LogP contribution in [-0.4, -0.2) is 39.6 Å². The van der Waals surface area contributed by atoms with Crippen molar-refractivity contribution in [3.63, 3.8) is 0 Å². The van der Waals surface area contributed by atoms with Crippen molar-refractivity contribution in [2.24, 2.45) is 4.99 Å². The van der Waals surface area contributed by atoms with Gasteiger partial charge < -0.3 is 14.2 Å². The van der Waals surface area contributed by atoms with Gasteiger partial charge in [-0.1, -0.05) is 30.3 Å². The number of rotatable bonds is 7. The van der Waals surface area contributed by atoms with Crippen LogP contribution < -0.4 is 9.47 Å². The predicted molar refractivity (Wildman–Crippen MR) is 93.1 cm³/mol. The smallest absolute Gasteiger partial charge is 0.330 e. The van der Waals surface area contributed by atoms with Crippen LogP contribution in [0.25, 0.3) is 0 Å². The molecule has 0 aliphatic carbocycles. The van der Waals surface area contributed by atoms with E-state index in [9.17, 15) is 4.79 Å². The Morgan fingerprint density at radius 3 is 2.38 bits per heavy atom. The molecule has 0 fully saturated rings. The summed E-state index contributed by atoms with van der Waals surface area (Å²) in [5.74, 6) is 0.887. The summed E-state index contributed by atoms with van der Waals surface area (Å²) < 4.78 is 15.3. The fourth-order valence-electron chi connectivity index (χ4n) is 2.28. The van der Waals surface area contributed by atoms with Crippen molar-refractivity contribution in [2.75, 3.05) is 21.3 Å². The number of hydrogen-bond donors (Lipinski definition) is 0. The number of carbonyl (C=O) groups is 1. The highest BCUT2D eigenvalue weighted by atomic mass is 16.5. The molecule has 0 amide bonds. The number of carbonyl (C=O) groups excluding carboxylic acids is 1. The third-order valence-electron chi connectivity index (χ3n) is 3.56. The zero-order chi connectivity index (χ0) is 17.4. The SMILES string of the molecule is COC(=O)[C@H](Cc1ccccc1)N=Cc1ccc(OC)c(OC)c1. The number of ether oxygens (including phenoxy) is 3. The minimum Gasteiger partial charge on any atom is -0.493 e. The van der Waals surface area contributed by atoms with E-state index in [0.29, 0.717) is 17.9 Å². The quantitative estimate of drug-likeness (QED) is 0.579. The van der Waals surface area contributed by atoms with Crippen molar-refractivity contribution in [3.05, 3.63) is 59.7 Å². The minimum absolute atomic E-state index is 0.365. The summed E-state index contributed by atoms with van der Waals surface area (Å²) in [5.41, 5.74) is 1.84. The third-order valence-corrected chi connectivity index (χ3v) is 3.56. The van der Waals surface area contributed by atoms with Crippen molar-refractivity contribution >= 4 is 12.2 Å². The molecule has 0 saturated carbocycles. The van der Waals surface area contributed by atoms with Gasteiger partial charge in [-0.3, -0.25) is 4.99 Å². The summed E-state index contributed by atoms with van der Waals surface area (Å²) in [7, 11) is 4.52. The van der Waals surface area contributed by atoms with Gasteiger partial charge in [0, 0.05) is 12.6 Å². The Bertz CT molecular complexity index is 698. The first kappa shape index (κ1) is 17.5. The van der Waals surface area contributed by atoms with Crippen molar-refractivity contribution < 1.29 is 19.0 Å². The molecule has 0 heterocycles. The van der Waals surface area contributed by atoms with Crippen LogP contribution in [0, 0.1) is 0 Å². The maximum atomic E-state index is 12.0. The highest BCUT2D eigenvalue weighted by molar-refractivity contribution is 5.85. The van der Waals surface area contributed by atoms with Crippen LogP contribution >= 0.6 is 0 Å². The normalized spacial score (nSPS) is 12.0. The molecule has 2 aromatic carbocycles. The van der Waals surface area contributed by atoms with E-state index in [4.69, 9.17) is 14.2 Å². The Morgan fingerprint density at radius 2 is 1.75 bits per heavy atom. The lowest BCUT2D eigenvalue weighted by molar-refractivity contribution is -0.142. The van der Waals surface area contributed by atoms with Gasteiger partial charge in [0.05, 0.1) is 21.3 Å². The van der Waals surface area contributed by atoms with E-state index >= 15 is 0 Å². The highest BCUT2D eigenvalue weighted by Crippen LogP contribution is 2.26. The van der Waals surface area contributed by atoms with Crippen molar-refractivity contribution in [3.8, 4) is 11.5 Å². The molecule has 0 radical (unpaired) electrons. The van der Waals surface area contributed by atoms with Gasteiger partial charge in [-0.15, -0.1) is 0 Å². The van der Waals surface area contributed by atoms with Gasteiger partial charge in [0.25, 0.3) is 0 Å². The molecular weight excluding hydrogens is 306 g/mol. The van der Waals surface area contributed by atoms with Crippen LogP contribution in [0.1, 0.15) is 11.1 Å². The van der Waals surface area contributed by atoms with Crippen LogP contribution in [0.3, 0.4) is 0 Å². The van der Waals surface area contributed by atoms with Crippen LogP contribution in [-0.2, 0) is 16.0 Å². The number of hydrogen-bond acceptors (Lipinski definition) is 5.